The second kappa shape index (κ2) is 11.8. The Labute approximate surface area is 230 Å². The van der Waals surface area contributed by atoms with E-state index in [4.69, 9.17) is 21.1 Å². The highest BCUT2D eigenvalue weighted by Crippen LogP contribution is 2.36. The normalized spacial score (nSPS) is 13.0. The molecule has 200 valence electrons. The van der Waals surface area contributed by atoms with Gasteiger partial charge in [-0.2, -0.15) is 0 Å². The van der Waals surface area contributed by atoms with E-state index < -0.39 is 23.7 Å². The Morgan fingerprint density at radius 3 is 2.36 bits per heavy atom. The smallest absolute Gasteiger partial charge is 0.338 e. The van der Waals surface area contributed by atoms with Crippen molar-refractivity contribution in [2.75, 3.05) is 29.3 Å². The Balaban J connectivity index is 1.46. The average Bonchev–Trinajstić information content (AvgIpc) is 3.14. The van der Waals surface area contributed by atoms with Gasteiger partial charge in [0.2, 0.25) is 0 Å². The van der Waals surface area contributed by atoms with Crippen molar-refractivity contribution in [3.05, 3.63) is 94.1 Å². The third-order valence-electron chi connectivity index (χ3n) is 5.81. The summed E-state index contributed by atoms with van der Waals surface area (Å²) in [7, 11) is 1.45. The van der Waals surface area contributed by atoms with Gasteiger partial charge in [-0.1, -0.05) is 30.7 Å². The zero-order chi connectivity index (χ0) is 28.1. The molecule has 1 heterocycles. The Morgan fingerprint density at radius 1 is 0.923 bits per heavy atom. The van der Waals surface area contributed by atoms with Crippen LogP contribution in [0.1, 0.15) is 39.6 Å². The van der Waals surface area contributed by atoms with E-state index in [1.165, 1.54) is 13.2 Å². The highest BCUT2D eigenvalue weighted by atomic mass is 35.5. The average molecular weight is 548 g/mol. The molecule has 4 rings (SSSR count). The lowest BCUT2D eigenvalue weighted by Gasteiger charge is -2.18. The molecule has 0 aliphatic carbocycles. The van der Waals surface area contributed by atoms with Gasteiger partial charge in [-0.15, -0.1) is 0 Å². The maximum Gasteiger partial charge on any atom is 0.338 e. The van der Waals surface area contributed by atoms with Crippen molar-refractivity contribution in [2.24, 2.45) is 0 Å². The van der Waals surface area contributed by atoms with Crippen LogP contribution in [0.5, 0.6) is 5.75 Å². The van der Waals surface area contributed by atoms with Crippen LogP contribution in [-0.4, -0.2) is 37.4 Å². The van der Waals surface area contributed by atoms with Crippen LogP contribution in [0.3, 0.4) is 0 Å². The van der Waals surface area contributed by atoms with Gasteiger partial charge in [0.1, 0.15) is 16.5 Å². The molecule has 3 aromatic rings. The zero-order valence-corrected chi connectivity index (χ0v) is 22.3. The number of nitrogens with one attached hydrogen (secondary N) is 2. The van der Waals surface area contributed by atoms with Crippen LogP contribution in [0.15, 0.2) is 77.5 Å². The summed E-state index contributed by atoms with van der Waals surface area (Å²) in [5.74, 6) is -1.82. The number of halogens is 1. The van der Waals surface area contributed by atoms with Crippen molar-refractivity contribution in [3.63, 3.8) is 0 Å². The van der Waals surface area contributed by atoms with Crippen molar-refractivity contribution in [1.82, 2.24) is 0 Å². The van der Waals surface area contributed by atoms with Gasteiger partial charge in [0, 0.05) is 16.9 Å². The van der Waals surface area contributed by atoms with Crippen molar-refractivity contribution in [3.8, 4) is 5.75 Å². The standard InChI is InChI=1S/C29H26ClN3O6/c1-4-14-39-29(37)19-6-5-7-21(16-19)32-26(34)18-9-11-20(12-10-18)31-25-24(30)27(35)33(28(25)36)22-15-17(2)8-13-23(22)38-3/h5-13,15-16,31H,4,14H2,1-3H3,(H,32,34). The van der Waals surface area contributed by atoms with Gasteiger partial charge < -0.3 is 20.1 Å². The number of carbonyl (C=O) groups excluding carboxylic acids is 4. The van der Waals surface area contributed by atoms with E-state index in [2.05, 4.69) is 10.6 Å². The molecular weight excluding hydrogens is 522 g/mol. The predicted octanol–water partition coefficient (Wildman–Crippen LogP) is 5.26. The summed E-state index contributed by atoms with van der Waals surface area (Å²) < 4.78 is 10.5. The van der Waals surface area contributed by atoms with E-state index in [9.17, 15) is 19.2 Å². The van der Waals surface area contributed by atoms with Crippen LogP contribution in [0, 0.1) is 6.92 Å². The first-order valence-electron chi connectivity index (χ1n) is 12.1. The molecule has 9 nitrogen and oxygen atoms in total. The van der Waals surface area contributed by atoms with E-state index in [-0.39, 0.29) is 16.4 Å². The summed E-state index contributed by atoms with van der Waals surface area (Å²) in [6.07, 6.45) is 0.709. The molecule has 1 aliphatic rings. The van der Waals surface area contributed by atoms with Gasteiger partial charge >= 0.3 is 5.97 Å². The van der Waals surface area contributed by atoms with E-state index in [1.807, 2.05) is 13.8 Å². The Hall–Kier alpha value is -4.63. The van der Waals surface area contributed by atoms with Gasteiger partial charge in [-0.05, 0) is 73.5 Å². The first-order valence-corrected chi connectivity index (χ1v) is 12.5. The molecule has 0 radical (unpaired) electrons. The van der Waals surface area contributed by atoms with Crippen molar-refractivity contribution >= 4 is 52.4 Å². The number of hydrogen-bond acceptors (Lipinski definition) is 7. The van der Waals surface area contributed by atoms with Gasteiger partial charge in [0.05, 0.1) is 25.0 Å². The number of nitrogens with zero attached hydrogens (tertiary/aromatic N) is 1. The van der Waals surface area contributed by atoms with Gasteiger partial charge in [0.25, 0.3) is 17.7 Å². The lowest BCUT2D eigenvalue weighted by Crippen LogP contribution is -2.32. The Kier molecular flexibility index (Phi) is 8.31. The SMILES string of the molecule is CCCOC(=O)c1cccc(NC(=O)c2ccc(NC3=C(Cl)C(=O)N(c4cc(C)ccc4OC)C3=O)cc2)c1. The molecule has 3 amide bonds. The second-order valence-electron chi connectivity index (χ2n) is 8.68. The molecule has 0 unspecified atom stereocenters. The fourth-order valence-corrected chi connectivity index (χ4v) is 4.07. The molecule has 0 bridgehead atoms. The van der Waals surface area contributed by atoms with E-state index in [0.717, 1.165) is 10.5 Å². The quantitative estimate of drug-likeness (QED) is 0.277. The number of hydrogen-bond donors (Lipinski definition) is 2. The highest BCUT2D eigenvalue weighted by Gasteiger charge is 2.40. The number of benzene rings is 3. The third-order valence-corrected chi connectivity index (χ3v) is 6.16. The fourth-order valence-electron chi connectivity index (χ4n) is 3.86. The van der Waals surface area contributed by atoms with Gasteiger partial charge in [-0.25, -0.2) is 9.69 Å². The van der Waals surface area contributed by atoms with Crippen LogP contribution in [0.25, 0.3) is 0 Å². The number of amides is 3. The molecule has 10 heteroatoms. The number of aryl methyl sites for hydroxylation is 1. The Morgan fingerprint density at radius 2 is 1.67 bits per heavy atom. The van der Waals surface area contributed by atoms with Gasteiger partial charge in [0.15, 0.2) is 0 Å². The molecule has 3 aromatic carbocycles. The van der Waals surface area contributed by atoms with E-state index in [0.29, 0.717) is 41.3 Å². The van der Waals surface area contributed by atoms with Crippen LogP contribution >= 0.6 is 11.6 Å². The van der Waals surface area contributed by atoms with Crippen molar-refractivity contribution in [1.29, 1.82) is 0 Å². The highest BCUT2D eigenvalue weighted by molar-refractivity contribution is 6.53. The monoisotopic (exact) mass is 547 g/mol. The molecule has 0 aromatic heterocycles. The molecule has 1 aliphatic heterocycles. The topological polar surface area (TPSA) is 114 Å². The minimum absolute atomic E-state index is 0.0887. The summed E-state index contributed by atoms with van der Waals surface area (Å²) in [4.78, 5) is 51.9. The maximum absolute atomic E-state index is 13.2. The van der Waals surface area contributed by atoms with Crippen LogP contribution in [0.4, 0.5) is 17.1 Å². The van der Waals surface area contributed by atoms with Crippen LogP contribution in [-0.2, 0) is 14.3 Å². The van der Waals surface area contributed by atoms with Crippen LogP contribution in [0.2, 0.25) is 0 Å². The molecule has 39 heavy (non-hydrogen) atoms. The number of ether oxygens (including phenoxy) is 2. The molecule has 0 spiro atoms. The molecule has 0 atom stereocenters. The summed E-state index contributed by atoms with van der Waals surface area (Å²) in [6.45, 7) is 4.05. The Bertz CT molecular complexity index is 1480. The van der Waals surface area contributed by atoms with Crippen molar-refractivity contribution in [2.45, 2.75) is 20.3 Å². The number of rotatable bonds is 9. The third kappa shape index (κ3) is 5.94. The van der Waals surface area contributed by atoms with E-state index >= 15 is 0 Å². The number of anilines is 3. The minimum atomic E-state index is -0.676. The lowest BCUT2D eigenvalue weighted by atomic mass is 10.1. The minimum Gasteiger partial charge on any atom is -0.495 e. The summed E-state index contributed by atoms with van der Waals surface area (Å²) in [6, 6.07) is 17.9. The zero-order valence-electron chi connectivity index (χ0n) is 21.5. The van der Waals surface area contributed by atoms with Gasteiger partial charge in [-0.3, -0.25) is 14.4 Å². The number of esters is 1. The number of carbonyl (C=O) groups is 4. The predicted molar refractivity (Wildman–Crippen MR) is 148 cm³/mol. The van der Waals surface area contributed by atoms with Crippen LogP contribution < -0.4 is 20.3 Å². The first-order chi connectivity index (χ1) is 18.7. The summed E-state index contributed by atoms with van der Waals surface area (Å²) in [5.41, 5.74) is 2.58. The molecule has 0 saturated carbocycles. The first kappa shape index (κ1) is 27.4. The fraction of sp³-hybridized carbons (Fsp3) is 0.172. The molecule has 2 N–H and O–H groups in total. The summed E-state index contributed by atoms with van der Waals surface area (Å²) >= 11 is 6.26. The lowest BCUT2D eigenvalue weighted by molar-refractivity contribution is -0.120. The van der Waals surface area contributed by atoms with E-state index in [1.54, 1.807) is 60.7 Å². The largest absolute Gasteiger partial charge is 0.495 e. The number of methoxy groups -OCH3 is 1. The van der Waals surface area contributed by atoms with Crippen molar-refractivity contribution < 1.29 is 28.7 Å². The second-order valence-corrected chi connectivity index (χ2v) is 9.06. The molecule has 0 fully saturated rings. The number of imide groups is 1. The maximum atomic E-state index is 13.2. The molecular formula is C29H26ClN3O6. The molecule has 0 saturated heterocycles. The summed E-state index contributed by atoms with van der Waals surface area (Å²) in [5, 5.41) is 5.37.